The third kappa shape index (κ3) is 2.36. The van der Waals surface area contributed by atoms with Crippen molar-refractivity contribution in [3.05, 3.63) is 29.3 Å². The number of phenolic OH excluding ortho intramolecular Hbond substituents is 2. The van der Waals surface area contributed by atoms with Crippen molar-refractivity contribution in [2.45, 2.75) is 39.5 Å². The van der Waals surface area contributed by atoms with E-state index in [2.05, 4.69) is 0 Å². The second kappa shape index (κ2) is 5.35. The van der Waals surface area contributed by atoms with Gasteiger partial charge in [-0.05, 0) is 60.9 Å². The Morgan fingerprint density at radius 2 is 1.76 bits per heavy atom. The Morgan fingerprint density at radius 3 is 2.20 bits per heavy atom. The zero-order chi connectivity index (χ0) is 18.7. The zero-order valence-electron chi connectivity index (χ0n) is 15.2. The fraction of sp³-hybridized carbons (Fsp3) is 0.500. The van der Waals surface area contributed by atoms with Crippen molar-refractivity contribution in [1.82, 2.24) is 0 Å². The summed E-state index contributed by atoms with van der Waals surface area (Å²) in [7, 11) is 1.30. The molecule has 1 aromatic rings. The number of methoxy groups -OCH3 is 1. The summed E-state index contributed by atoms with van der Waals surface area (Å²) in [5.41, 5.74) is 0.222. The molecule has 0 radical (unpaired) electrons. The van der Waals surface area contributed by atoms with E-state index in [0.29, 0.717) is 11.1 Å². The van der Waals surface area contributed by atoms with Crippen LogP contribution in [0.1, 0.15) is 45.2 Å². The van der Waals surface area contributed by atoms with Crippen LogP contribution in [0.2, 0.25) is 0 Å². The lowest BCUT2D eigenvalue weighted by Gasteiger charge is -2.55. The molecule has 0 heterocycles. The number of aromatic hydroxyl groups is 2. The Bertz CT molecular complexity index is 777. The van der Waals surface area contributed by atoms with Crippen LogP contribution in [0, 0.1) is 17.3 Å². The van der Waals surface area contributed by atoms with E-state index in [1.54, 1.807) is 19.9 Å². The van der Waals surface area contributed by atoms with Crippen LogP contribution < -0.4 is 0 Å². The van der Waals surface area contributed by atoms with Gasteiger partial charge in [-0.2, -0.15) is 0 Å². The molecule has 0 amide bonds. The summed E-state index contributed by atoms with van der Waals surface area (Å²) < 4.78 is 4.80. The van der Waals surface area contributed by atoms with Gasteiger partial charge in [-0.15, -0.1) is 0 Å². The average molecular weight is 344 g/mol. The molecule has 1 aromatic carbocycles. The average Bonchev–Trinajstić information content (AvgIpc) is 2.52. The van der Waals surface area contributed by atoms with Gasteiger partial charge < -0.3 is 14.9 Å². The van der Waals surface area contributed by atoms with Gasteiger partial charge in [-0.1, -0.05) is 13.8 Å². The topological polar surface area (TPSA) is 83.8 Å². The van der Waals surface area contributed by atoms with Gasteiger partial charge in [0.15, 0.2) is 5.78 Å². The molecule has 1 saturated carbocycles. The first-order valence-electron chi connectivity index (χ1n) is 8.42. The van der Waals surface area contributed by atoms with E-state index in [4.69, 9.17) is 4.74 Å². The van der Waals surface area contributed by atoms with Gasteiger partial charge in [0, 0.05) is 5.92 Å². The molecule has 0 aliphatic heterocycles. The summed E-state index contributed by atoms with van der Waals surface area (Å²) in [6, 6.07) is 2.93. The van der Waals surface area contributed by atoms with E-state index in [9.17, 15) is 19.8 Å². The van der Waals surface area contributed by atoms with Gasteiger partial charge in [-0.3, -0.25) is 9.59 Å². The van der Waals surface area contributed by atoms with Crippen molar-refractivity contribution >= 4 is 17.3 Å². The Morgan fingerprint density at radius 1 is 1.20 bits per heavy atom. The van der Waals surface area contributed by atoms with Gasteiger partial charge in [0.25, 0.3) is 0 Å². The molecule has 5 nitrogen and oxygen atoms in total. The van der Waals surface area contributed by atoms with Gasteiger partial charge in [0.2, 0.25) is 0 Å². The normalized spacial score (nSPS) is 24.4. The van der Waals surface area contributed by atoms with Crippen molar-refractivity contribution < 1.29 is 24.5 Å². The molecule has 3 aliphatic rings. The fourth-order valence-corrected chi connectivity index (χ4v) is 4.18. The molecule has 2 bridgehead atoms. The third-order valence-corrected chi connectivity index (χ3v) is 6.09. The minimum absolute atomic E-state index is 0.0167. The molecule has 2 atom stereocenters. The molecule has 4 rings (SSSR count). The second-order valence-corrected chi connectivity index (χ2v) is 8.17. The fourth-order valence-electron chi connectivity index (χ4n) is 4.18. The number of ether oxygens (including phenoxy) is 1. The zero-order valence-corrected chi connectivity index (χ0v) is 15.2. The largest absolute Gasteiger partial charge is 0.507 e. The SMILES string of the molecule is COC(=O)C(C)(C)c1cc(O)c(C2=CC(=O)C3CC2C3(C)C)c(O)c1. The predicted octanol–water partition coefficient (Wildman–Crippen LogP) is 3.18. The number of phenols is 2. The van der Waals surface area contributed by atoms with Crippen LogP contribution in [0.25, 0.3) is 5.57 Å². The number of fused-ring (bicyclic) bond motifs is 1. The molecule has 0 saturated heterocycles. The number of carbonyl (C=O) groups is 2. The Balaban J connectivity index is 2.09. The first kappa shape index (κ1) is 17.5. The highest BCUT2D eigenvalue weighted by Crippen LogP contribution is 2.61. The molecular weight excluding hydrogens is 320 g/mol. The van der Waals surface area contributed by atoms with E-state index in [-0.39, 0.29) is 40.1 Å². The summed E-state index contributed by atoms with van der Waals surface area (Å²) >= 11 is 0. The molecule has 2 N–H and O–H groups in total. The monoisotopic (exact) mass is 344 g/mol. The van der Waals surface area contributed by atoms with Crippen molar-refractivity contribution in [3.63, 3.8) is 0 Å². The molecule has 5 heteroatoms. The van der Waals surface area contributed by atoms with E-state index in [1.807, 2.05) is 13.8 Å². The van der Waals surface area contributed by atoms with E-state index >= 15 is 0 Å². The lowest BCUT2D eigenvalue weighted by atomic mass is 9.47. The van der Waals surface area contributed by atoms with Crippen LogP contribution >= 0.6 is 0 Å². The molecule has 2 unspecified atom stereocenters. The molecular formula is C20H24O5. The van der Waals surface area contributed by atoms with Gasteiger partial charge in [0.05, 0.1) is 18.1 Å². The number of carbonyl (C=O) groups excluding carboxylic acids is 2. The van der Waals surface area contributed by atoms with Crippen LogP contribution in [0.5, 0.6) is 11.5 Å². The van der Waals surface area contributed by atoms with Crippen molar-refractivity contribution in [1.29, 1.82) is 0 Å². The Hall–Kier alpha value is -2.30. The molecule has 25 heavy (non-hydrogen) atoms. The first-order valence-corrected chi connectivity index (χ1v) is 8.42. The standard InChI is InChI=1S/C20H24O5/c1-19(2,18(24)25-5)10-6-15(22)17(16(23)7-10)11-8-14(21)13-9-12(11)20(13,3)4/h6-8,12-13,22-23H,9H2,1-5H3. The maximum atomic E-state index is 12.3. The quantitative estimate of drug-likeness (QED) is 0.823. The van der Waals surface area contributed by atoms with Crippen molar-refractivity contribution in [3.8, 4) is 11.5 Å². The predicted molar refractivity (Wildman–Crippen MR) is 93.2 cm³/mol. The molecule has 134 valence electrons. The lowest BCUT2D eigenvalue weighted by molar-refractivity contribution is -0.146. The highest BCUT2D eigenvalue weighted by atomic mass is 16.5. The second-order valence-electron chi connectivity index (χ2n) is 8.17. The number of ketones is 1. The van der Waals surface area contributed by atoms with Crippen LogP contribution in [-0.4, -0.2) is 29.1 Å². The minimum Gasteiger partial charge on any atom is -0.507 e. The Kier molecular flexibility index (Phi) is 3.75. The number of allylic oxidation sites excluding steroid dienone is 2. The van der Waals surface area contributed by atoms with Crippen LogP contribution in [-0.2, 0) is 19.7 Å². The lowest BCUT2D eigenvalue weighted by Crippen LogP contribution is -2.51. The summed E-state index contributed by atoms with van der Waals surface area (Å²) in [5.74, 6) is -0.553. The highest BCUT2D eigenvalue weighted by Gasteiger charge is 2.56. The van der Waals surface area contributed by atoms with Gasteiger partial charge in [0.1, 0.15) is 11.5 Å². The van der Waals surface area contributed by atoms with Crippen LogP contribution in [0.4, 0.5) is 0 Å². The van der Waals surface area contributed by atoms with Gasteiger partial charge in [-0.25, -0.2) is 0 Å². The summed E-state index contributed by atoms with van der Waals surface area (Å²) in [5, 5.41) is 21.1. The summed E-state index contributed by atoms with van der Waals surface area (Å²) in [6.45, 7) is 7.41. The van der Waals surface area contributed by atoms with Crippen LogP contribution in [0.15, 0.2) is 18.2 Å². The van der Waals surface area contributed by atoms with Crippen molar-refractivity contribution in [2.24, 2.45) is 17.3 Å². The number of hydrogen-bond acceptors (Lipinski definition) is 5. The number of esters is 1. The van der Waals surface area contributed by atoms with E-state index < -0.39 is 11.4 Å². The smallest absolute Gasteiger partial charge is 0.315 e. The Labute approximate surface area is 147 Å². The number of hydrogen-bond donors (Lipinski definition) is 2. The summed E-state index contributed by atoms with van der Waals surface area (Å²) in [4.78, 5) is 24.3. The molecule has 0 spiro atoms. The maximum absolute atomic E-state index is 12.3. The minimum atomic E-state index is -1.01. The highest BCUT2D eigenvalue weighted by molar-refractivity contribution is 6.04. The third-order valence-electron chi connectivity index (χ3n) is 6.09. The maximum Gasteiger partial charge on any atom is 0.315 e. The van der Waals surface area contributed by atoms with Gasteiger partial charge >= 0.3 is 5.97 Å². The van der Waals surface area contributed by atoms with Crippen molar-refractivity contribution in [2.75, 3.05) is 7.11 Å². The molecule has 1 fully saturated rings. The number of rotatable bonds is 3. The first-order chi connectivity index (χ1) is 11.5. The number of benzene rings is 1. The molecule has 0 aromatic heterocycles. The van der Waals surface area contributed by atoms with E-state index in [1.165, 1.54) is 19.2 Å². The van der Waals surface area contributed by atoms with Crippen LogP contribution in [0.3, 0.4) is 0 Å². The summed E-state index contributed by atoms with van der Waals surface area (Å²) in [6.07, 6.45) is 2.29. The van der Waals surface area contributed by atoms with E-state index in [0.717, 1.165) is 6.42 Å². The molecule has 3 aliphatic carbocycles.